The summed E-state index contributed by atoms with van der Waals surface area (Å²) in [5.41, 5.74) is 2.37. The molecule has 0 aliphatic carbocycles. The van der Waals surface area contributed by atoms with Crippen molar-refractivity contribution < 1.29 is 14.3 Å². The Labute approximate surface area is 127 Å². The van der Waals surface area contributed by atoms with E-state index in [1.165, 1.54) is 0 Å². The van der Waals surface area contributed by atoms with E-state index in [1.807, 2.05) is 17.7 Å². The molecule has 108 valence electrons. The van der Waals surface area contributed by atoms with Crippen LogP contribution in [0, 0.1) is 0 Å². The summed E-state index contributed by atoms with van der Waals surface area (Å²) < 4.78 is 10.5. The van der Waals surface area contributed by atoms with Gasteiger partial charge in [-0.3, -0.25) is 0 Å². The molecule has 0 atom stereocenters. The first kappa shape index (κ1) is 14.8. The molecule has 1 aromatic heterocycles. The third kappa shape index (κ3) is 3.49. The van der Waals surface area contributed by atoms with E-state index in [-0.39, 0.29) is 5.97 Å². The smallest absolute Gasteiger partial charge is 0.337 e. The summed E-state index contributed by atoms with van der Waals surface area (Å²) in [7, 11) is 1.63. The zero-order valence-electron chi connectivity index (χ0n) is 11.3. The van der Waals surface area contributed by atoms with Crippen molar-refractivity contribution >= 4 is 34.6 Å². The average molecular weight is 312 g/mol. The van der Waals surface area contributed by atoms with E-state index in [4.69, 9.17) is 21.7 Å². The second-order valence-corrected chi connectivity index (χ2v) is 5.41. The van der Waals surface area contributed by atoms with E-state index in [2.05, 4.69) is 10.6 Å². The van der Waals surface area contributed by atoms with Crippen LogP contribution in [0.2, 0.25) is 0 Å². The van der Waals surface area contributed by atoms with Crippen molar-refractivity contribution in [3.63, 3.8) is 0 Å². The molecule has 0 amide bonds. The van der Waals surface area contributed by atoms with Crippen LogP contribution in [0.15, 0.2) is 22.0 Å². The summed E-state index contributed by atoms with van der Waals surface area (Å²) in [4.78, 5) is 12.0. The maximum Gasteiger partial charge on any atom is 0.337 e. The molecule has 1 aliphatic heterocycles. The summed E-state index contributed by atoms with van der Waals surface area (Å²) in [6.45, 7) is 2.54. The minimum absolute atomic E-state index is 0.320. The van der Waals surface area contributed by atoms with Crippen LogP contribution < -0.4 is 15.4 Å². The molecule has 2 N–H and O–H groups in total. The maximum absolute atomic E-state index is 12.0. The molecule has 1 aliphatic rings. The monoisotopic (exact) mass is 312 g/mol. The molecule has 0 spiro atoms. The molecule has 2 heterocycles. The Bertz CT molecular complexity index is 552. The minimum Gasteiger partial charge on any atom is -0.496 e. The molecule has 5 nitrogen and oxygen atoms in total. The number of hydrogen-bond donors (Lipinski definition) is 2. The molecule has 2 rings (SSSR count). The normalized spacial score (nSPS) is 14.6. The van der Waals surface area contributed by atoms with Gasteiger partial charge in [-0.2, -0.15) is 0 Å². The molecular weight excluding hydrogens is 296 g/mol. The Morgan fingerprint density at radius 2 is 2.30 bits per heavy atom. The van der Waals surface area contributed by atoms with Crippen molar-refractivity contribution in [3.8, 4) is 5.75 Å². The van der Waals surface area contributed by atoms with Crippen LogP contribution in [0.25, 0.3) is 0 Å². The lowest BCUT2D eigenvalue weighted by atomic mass is 10.2. The Morgan fingerprint density at radius 3 is 3.00 bits per heavy atom. The summed E-state index contributed by atoms with van der Waals surface area (Å²) in [6.07, 6.45) is 0.643. The second kappa shape index (κ2) is 6.71. The molecule has 0 aromatic carbocycles. The number of rotatable bonds is 5. The molecule has 0 saturated carbocycles. The molecule has 7 heteroatoms. The number of carbonyl (C=O) groups is 1. The third-order valence-corrected chi connectivity index (χ3v) is 3.97. The summed E-state index contributed by atoms with van der Waals surface area (Å²) >= 11 is 6.54. The highest BCUT2D eigenvalue weighted by molar-refractivity contribution is 7.80. The van der Waals surface area contributed by atoms with Crippen LogP contribution in [0.5, 0.6) is 5.75 Å². The lowest BCUT2D eigenvalue weighted by Gasteiger charge is -2.20. The van der Waals surface area contributed by atoms with Gasteiger partial charge in [0, 0.05) is 23.1 Å². The Morgan fingerprint density at radius 1 is 1.50 bits per heavy atom. The van der Waals surface area contributed by atoms with Crippen molar-refractivity contribution in [1.29, 1.82) is 0 Å². The first-order chi connectivity index (χ1) is 9.61. The van der Waals surface area contributed by atoms with Crippen molar-refractivity contribution in [2.75, 3.05) is 20.3 Å². The second-order valence-electron chi connectivity index (χ2n) is 4.26. The molecule has 0 saturated heterocycles. The van der Waals surface area contributed by atoms with Gasteiger partial charge in [0.15, 0.2) is 5.11 Å². The average Bonchev–Trinajstić information content (AvgIpc) is 2.86. The van der Waals surface area contributed by atoms with Gasteiger partial charge in [0.1, 0.15) is 5.75 Å². The predicted molar refractivity (Wildman–Crippen MR) is 82.0 cm³/mol. The highest BCUT2D eigenvalue weighted by Gasteiger charge is 2.19. The minimum atomic E-state index is -0.320. The molecule has 1 aromatic rings. The maximum atomic E-state index is 12.0. The Balaban J connectivity index is 1.87. The number of methoxy groups -OCH3 is 1. The van der Waals surface area contributed by atoms with E-state index >= 15 is 0 Å². The van der Waals surface area contributed by atoms with Crippen molar-refractivity contribution in [1.82, 2.24) is 10.6 Å². The predicted octanol–water partition coefficient (Wildman–Crippen LogP) is 1.59. The zero-order chi connectivity index (χ0) is 14.5. The van der Waals surface area contributed by atoms with Gasteiger partial charge < -0.3 is 20.1 Å². The van der Waals surface area contributed by atoms with Gasteiger partial charge in [0.05, 0.1) is 25.8 Å². The molecule has 20 heavy (non-hydrogen) atoms. The van der Waals surface area contributed by atoms with Crippen molar-refractivity contribution in [2.24, 2.45) is 0 Å². The van der Waals surface area contributed by atoms with E-state index in [0.717, 1.165) is 17.0 Å². The summed E-state index contributed by atoms with van der Waals surface area (Å²) in [5.74, 6) is 0.520. The first-order valence-corrected chi connectivity index (χ1v) is 7.47. The fourth-order valence-corrected chi connectivity index (χ4v) is 2.89. The van der Waals surface area contributed by atoms with Gasteiger partial charge in [-0.1, -0.05) is 0 Å². The number of thiophene rings is 1. The molecular formula is C13H16N2O3S2. The topological polar surface area (TPSA) is 59.6 Å². The Kier molecular flexibility index (Phi) is 4.97. The van der Waals surface area contributed by atoms with Gasteiger partial charge in [0.25, 0.3) is 0 Å². The molecule has 0 radical (unpaired) electrons. The lowest BCUT2D eigenvalue weighted by molar-refractivity contribution is -0.139. The fourth-order valence-electron chi connectivity index (χ4n) is 1.83. The van der Waals surface area contributed by atoms with Crippen molar-refractivity contribution in [3.05, 3.63) is 27.6 Å². The summed E-state index contributed by atoms with van der Waals surface area (Å²) in [6, 6.07) is 0. The third-order valence-electron chi connectivity index (χ3n) is 2.95. The number of thiocarbonyl (C=S) groups is 1. The van der Waals surface area contributed by atoms with Crippen LogP contribution >= 0.6 is 23.6 Å². The quantitative estimate of drug-likeness (QED) is 0.636. The van der Waals surface area contributed by atoms with Crippen LogP contribution in [0.3, 0.4) is 0 Å². The molecule has 0 bridgehead atoms. The van der Waals surface area contributed by atoms with Crippen molar-refractivity contribution in [2.45, 2.75) is 13.3 Å². The van der Waals surface area contributed by atoms with Crippen LogP contribution in [0.1, 0.15) is 12.5 Å². The van der Waals surface area contributed by atoms with Gasteiger partial charge in [-0.15, -0.1) is 11.3 Å². The number of carbonyl (C=O) groups excluding carboxylic acids is 1. The molecule has 0 unspecified atom stereocenters. The van der Waals surface area contributed by atoms with E-state index in [0.29, 0.717) is 30.3 Å². The van der Waals surface area contributed by atoms with E-state index < -0.39 is 0 Å². The van der Waals surface area contributed by atoms with Gasteiger partial charge in [-0.05, 0) is 24.5 Å². The largest absolute Gasteiger partial charge is 0.496 e. The Hall–Kier alpha value is -1.60. The standard InChI is InChI=1S/C13H16N2O3S2/c1-8-10(5-14-13(19)15-8)12(16)18-4-3-9-6-20-7-11(9)17-2/h6-7H,3-5H2,1-2H3,(H2,14,15,19). The number of esters is 1. The van der Waals surface area contributed by atoms with Crippen LogP contribution in [-0.2, 0) is 16.0 Å². The number of nitrogens with one attached hydrogen (secondary N) is 2. The van der Waals surface area contributed by atoms with Gasteiger partial charge >= 0.3 is 5.97 Å². The van der Waals surface area contributed by atoms with Gasteiger partial charge in [0.2, 0.25) is 0 Å². The molecule has 0 fully saturated rings. The SMILES string of the molecule is COc1cscc1CCOC(=O)C1=C(C)NC(=S)NC1. The van der Waals surface area contributed by atoms with E-state index in [1.54, 1.807) is 18.4 Å². The fraction of sp³-hybridized carbons (Fsp3) is 0.385. The number of allylic oxidation sites excluding steroid dienone is 1. The van der Waals surface area contributed by atoms with Crippen LogP contribution in [-0.4, -0.2) is 31.3 Å². The van der Waals surface area contributed by atoms with Gasteiger partial charge in [-0.25, -0.2) is 4.79 Å². The highest BCUT2D eigenvalue weighted by Crippen LogP contribution is 2.23. The number of ether oxygens (including phenoxy) is 2. The highest BCUT2D eigenvalue weighted by atomic mass is 32.1. The summed E-state index contributed by atoms with van der Waals surface area (Å²) in [5, 5.41) is 10.3. The number of hydrogen-bond acceptors (Lipinski definition) is 5. The zero-order valence-corrected chi connectivity index (χ0v) is 13.0. The van der Waals surface area contributed by atoms with Crippen LogP contribution in [0.4, 0.5) is 0 Å². The lowest BCUT2D eigenvalue weighted by Crippen LogP contribution is -2.43. The van der Waals surface area contributed by atoms with E-state index in [9.17, 15) is 4.79 Å². The first-order valence-electron chi connectivity index (χ1n) is 6.12.